The molecule has 0 saturated carbocycles. The SMILES string of the molecule is CCCCC(CC)C(=O)N(CCN1CCCC1)Cc1ccc(OC)c(OCc2ccccc2)c1. The van der Waals surface area contributed by atoms with Gasteiger partial charge in [-0.15, -0.1) is 0 Å². The Bertz CT molecular complexity index is 865. The lowest BCUT2D eigenvalue weighted by Gasteiger charge is -2.29. The third-order valence-corrected chi connectivity index (χ3v) is 6.78. The molecule has 1 amide bonds. The molecular weight excluding hydrogens is 424 g/mol. The van der Waals surface area contributed by atoms with Crippen molar-refractivity contribution in [2.75, 3.05) is 33.3 Å². The predicted octanol–water partition coefficient (Wildman–Crippen LogP) is 5.92. The maximum absolute atomic E-state index is 13.6. The second kappa shape index (κ2) is 14.0. The van der Waals surface area contributed by atoms with Crippen LogP contribution in [-0.4, -0.2) is 49.0 Å². The zero-order valence-corrected chi connectivity index (χ0v) is 21.3. The Balaban J connectivity index is 1.74. The van der Waals surface area contributed by atoms with Crippen molar-refractivity contribution < 1.29 is 14.3 Å². The Kier molecular flexibility index (Phi) is 10.7. The molecule has 1 fully saturated rings. The van der Waals surface area contributed by atoms with Crippen LogP contribution in [0.4, 0.5) is 0 Å². The van der Waals surface area contributed by atoms with Crippen LogP contribution < -0.4 is 9.47 Å². The van der Waals surface area contributed by atoms with Crippen LogP contribution in [0, 0.1) is 5.92 Å². The number of carbonyl (C=O) groups is 1. The number of methoxy groups -OCH3 is 1. The number of likely N-dealkylation sites (tertiary alicyclic amines) is 1. The summed E-state index contributed by atoms with van der Waals surface area (Å²) >= 11 is 0. The number of hydrogen-bond acceptors (Lipinski definition) is 4. The van der Waals surface area contributed by atoms with Crippen molar-refractivity contribution in [3.05, 3.63) is 59.7 Å². The summed E-state index contributed by atoms with van der Waals surface area (Å²) in [6, 6.07) is 16.2. The smallest absolute Gasteiger partial charge is 0.226 e. The molecule has 1 unspecified atom stereocenters. The average molecular weight is 467 g/mol. The van der Waals surface area contributed by atoms with Gasteiger partial charge < -0.3 is 19.3 Å². The number of amides is 1. The molecule has 1 aliphatic rings. The van der Waals surface area contributed by atoms with E-state index in [0.29, 0.717) is 24.7 Å². The summed E-state index contributed by atoms with van der Waals surface area (Å²) in [6.45, 7) is 9.42. The molecule has 1 heterocycles. The Morgan fingerprint density at radius 2 is 1.79 bits per heavy atom. The first-order valence-electron chi connectivity index (χ1n) is 13.0. The van der Waals surface area contributed by atoms with Crippen molar-refractivity contribution in [1.82, 2.24) is 9.80 Å². The van der Waals surface area contributed by atoms with Gasteiger partial charge in [-0.25, -0.2) is 0 Å². The van der Waals surface area contributed by atoms with Crippen LogP contribution in [-0.2, 0) is 17.9 Å². The van der Waals surface area contributed by atoms with E-state index in [4.69, 9.17) is 9.47 Å². The summed E-state index contributed by atoms with van der Waals surface area (Å²) < 4.78 is 11.7. The van der Waals surface area contributed by atoms with E-state index in [-0.39, 0.29) is 11.8 Å². The summed E-state index contributed by atoms with van der Waals surface area (Å²) in [5.74, 6) is 1.82. The summed E-state index contributed by atoms with van der Waals surface area (Å²) in [5.41, 5.74) is 2.18. The Morgan fingerprint density at radius 3 is 2.47 bits per heavy atom. The van der Waals surface area contributed by atoms with E-state index in [9.17, 15) is 4.79 Å². The fraction of sp³-hybridized carbons (Fsp3) is 0.552. The van der Waals surface area contributed by atoms with Crippen LogP contribution in [0.5, 0.6) is 11.5 Å². The molecule has 5 nitrogen and oxygen atoms in total. The number of hydrogen-bond donors (Lipinski definition) is 0. The minimum Gasteiger partial charge on any atom is -0.493 e. The lowest BCUT2D eigenvalue weighted by Crippen LogP contribution is -2.40. The molecule has 5 heteroatoms. The monoisotopic (exact) mass is 466 g/mol. The molecule has 1 atom stereocenters. The van der Waals surface area contributed by atoms with Crippen LogP contribution in [0.15, 0.2) is 48.5 Å². The molecule has 1 aliphatic heterocycles. The molecule has 3 rings (SSSR count). The number of rotatable bonds is 14. The highest BCUT2D eigenvalue weighted by Crippen LogP contribution is 2.30. The lowest BCUT2D eigenvalue weighted by atomic mass is 9.97. The van der Waals surface area contributed by atoms with Gasteiger partial charge in [0.25, 0.3) is 0 Å². The highest BCUT2D eigenvalue weighted by molar-refractivity contribution is 5.78. The Labute approximate surface area is 206 Å². The molecule has 2 aromatic rings. The van der Waals surface area contributed by atoms with Crippen LogP contribution in [0.1, 0.15) is 63.5 Å². The summed E-state index contributed by atoms with van der Waals surface area (Å²) in [7, 11) is 1.66. The van der Waals surface area contributed by atoms with E-state index in [1.807, 2.05) is 30.3 Å². The number of nitrogens with zero attached hydrogens (tertiary/aromatic N) is 2. The zero-order chi connectivity index (χ0) is 24.2. The van der Waals surface area contributed by atoms with Gasteiger partial charge in [0.05, 0.1) is 7.11 Å². The van der Waals surface area contributed by atoms with Gasteiger partial charge in [-0.3, -0.25) is 4.79 Å². The van der Waals surface area contributed by atoms with Crippen molar-refractivity contribution in [2.24, 2.45) is 5.92 Å². The predicted molar refractivity (Wildman–Crippen MR) is 138 cm³/mol. The number of carbonyl (C=O) groups excluding carboxylic acids is 1. The lowest BCUT2D eigenvalue weighted by molar-refractivity contribution is -0.136. The van der Waals surface area contributed by atoms with Gasteiger partial charge in [-0.05, 0) is 62.0 Å². The summed E-state index contributed by atoms with van der Waals surface area (Å²) in [6.07, 6.45) is 6.63. The normalized spacial score (nSPS) is 14.7. The highest BCUT2D eigenvalue weighted by atomic mass is 16.5. The van der Waals surface area contributed by atoms with Gasteiger partial charge in [0.2, 0.25) is 5.91 Å². The number of ether oxygens (including phenoxy) is 2. The van der Waals surface area contributed by atoms with E-state index in [0.717, 1.165) is 63.0 Å². The molecule has 0 radical (unpaired) electrons. The highest BCUT2D eigenvalue weighted by Gasteiger charge is 2.24. The van der Waals surface area contributed by atoms with Crippen LogP contribution in [0.25, 0.3) is 0 Å². The molecule has 0 N–H and O–H groups in total. The van der Waals surface area contributed by atoms with Gasteiger partial charge in [-0.1, -0.05) is 63.1 Å². The van der Waals surface area contributed by atoms with Gasteiger partial charge >= 0.3 is 0 Å². The fourth-order valence-corrected chi connectivity index (χ4v) is 4.63. The Hall–Kier alpha value is -2.53. The molecule has 2 aromatic carbocycles. The van der Waals surface area contributed by atoms with Crippen molar-refractivity contribution in [3.8, 4) is 11.5 Å². The fourth-order valence-electron chi connectivity index (χ4n) is 4.63. The first kappa shape index (κ1) is 26.1. The molecule has 1 saturated heterocycles. The minimum absolute atomic E-state index is 0.102. The van der Waals surface area contributed by atoms with Crippen molar-refractivity contribution in [1.29, 1.82) is 0 Å². The van der Waals surface area contributed by atoms with Crippen molar-refractivity contribution >= 4 is 5.91 Å². The molecule has 0 spiro atoms. The van der Waals surface area contributed by atoms with Gasteiger partial charge in [0.1, 0.15) is 6.61 Å². The topological polar surface area (TPSA) is 42.0 Å². The molecular formula is C29H42N2O3. The number of benzene rings is 2. The maximum Gasteiger partial charge on any atom is 0.226 e. The van der Waals surface area contributed by atoms with E-state index >= 15 is 0 Å². The van der Waals surface area contributed by atoms with Crippen LogP contribution in [0.3, 0.4) is 0 Å². The van der Waals surface area contributed by atoms with Crippen molar-refractivity contribution in [3.63, 3.8) is 0 Å². The van der Waals surface area contributed by atoms with Crippen molar-refractivity contribution in [2.45, 2.75) is 65.5 Å². The molecule has 0 aliphatic carbocycles. The first-order chi connectivity index (χ1) is 16.6. The summed E-state index contributed by atoms with van der Waals surface area (Å²) in [4.78, 5) is 18.1. The molecule has 0 bridgehead atoms. The summed E-state index contributed by atoms with van der Waals surface area (Å²) in [5, 5.41) is 0. The molecule has 186 valence electrons. The Morgan fingerprint density at radius 1 is 1.03 bits per heavy atom. The van der Waals surface area contributed by atoms with E-state index in [2.05, 4.69) is 41.8 Å². The minimum atomic E-state index is 0.102. The van der Waals surface area contributed by atoms with Gasteiger partial charge in [0.15, 0.2) is 11.5 Å². The van der Waals surface area contributed by atoms with E-state index in [1.54, 1.807) is 7.11 Å². The standard InChI is InChI=1S/C29H42N2O3/c1-4-6-14-26(5-2)29(32)31(20-19-30-17-10-11-18-30)22-25-15-16-27(33-3)28(21-25)34-23-24-12-8-7-9-13-24/h7-9,12-13,15-16,21,26H,4-6,10-11,14,17-20,22-23H2,1-3H3. The second-order valence-corrected chi connectivity index (χ2v) is 9.32. The van der Waals surface area contributed by atoms with E-state index in [1.165, 1.54) is 12.8 Å². The number of unbranched alkanes of at least 4 members (excludes halogenated alkanes) is 1. The molecule has 34 heavy (non-hydrogen) atoms. The van der Waals surface area contributed by atoms with Crippen LogP contribution in [0.2, 0.25) is 0 Å². The first-order valence-corrected chi connectivity index (χ1v) is 13.0. The maximum atomic E-state index is 13.6. The third kappa shape index (κ3) is 7.76. The average Bonchev–Trinajstić information content (AvgIpc) is 3.40. The van der Waals surface area contributed by atoms with Gasteiger partial charge in [-0.2, -0.15) is 0 Å². The third-order valence-electron chi connectivity index (χ3n) is 6.78. The van der Waals surface area contributed by atoms with Gasteiger partial charge in [0, 0.05) is 25.6 Å². The molecule has 0 aromatic heterocycles. The second-order valence-electron chi connectivity index (χ2n) is 9.32. The largest absolute Gasteiger partial charge is 0.493 e. The zero-order valence-electron chi connectivity index (χ0n) is 21.3. The van der Waals surface area contributed by atoms with E-state index < -0.39 is 0 Å². The van der Waals surface area contributed by atoms with Crippen LogP contribution >= 0.6 is 0 Å². The quantitative estimate of drug-likeness (QED) is 0.347.